The summed E-state index contributed by atoms with van der Waals surface area (Å²) in [5.41, 5.74) is 0.246. The Morgan fingerprint density at radius 2 is 1.76 bits per heavy atom. The molecule has 0 amide bonds. The second-order valence-corrected chi connectivity index (χ2v) is 14.5. The second-order valence-electron chi connectivity index (χ2n) is 12.0. The average molecular weight is 648 g/mol. The maximum Gasteiger partial charge on any atom is 0.416 e. The number of aromatic nitrogens is 1. The molecule has 3 heterocycles. The number of likely N-dealkylation sites (tertiary alicyclic amines) is 2. The van der Waals surface area contributed by atoms with Gasteiger partial charge in [0.1, 0.15) is 10.6 Å². The van der Waals surface area contributed by atoms with Crippen molar-refractivity contribution in [2.24, 2.45) is 0 Å². The van der Waals surface area contributed by atoms with E-state index < -0.39 is 32.8 Å². The quantitative estimate of drug-likeness (QED) is 0.249. The van der Waals surface area contributed by atoms with E-state index in [9.17, 15) is 26.4 Å². The van der Waals surface area contributed by atoms with Crippen LogP contribution in [0.25, 0.3) is 22.2 Å². The molecule has 0 aliphatic carbocycles. The van der Waals surface area contributed by atoms with Crippen LogP contribution in [0.15, 0.2) is 41.3 Å². The van der Waals surface area contributed by atoms with Gasteiger partial charge in [-0.05, 0) is 90.8 Å². The molecule has 5 rings (SSSR count). The van der Waals surface area contributed by atoms with E-state index in [1.807, 2.05) is 0 Å². The van der Waals surface area contributed by atoms with Crippen molar-refractivity contribution in [3.63, 3.8) is 0 Å². The number of carbonyl (C=O) groups is 1. The molecular formula is C33H40F3N3O5S. The summed E-state index contributed by atoms with van der Waals surface area (Å²) in [6.45, 7) is 8.88. The third-order valence-electron chi connectivity index (χ3n) is 8.83. The fraction of sp³-hybridized carbons (Fsp3) is 0.515. The van der Waals surface area contributed by atoms with Crippen molar-refractivity contribution in [2.45, 2.75) is 75.4 Å². The van der Waals surface area contributed by atoms with Gasteiger partial charge >= 0.3 is 12.1 Å². The molecule has 0 bridgehead atoms. The SMILES string of the molecule is CCOc1cc2nc(-c3cccc(C(F)(F)F)c3)c(CN3CCC(N4CCCC4)CC3)c(C(=O)OC)c2cc1S(=O)(=O)C(C)C. The third-order valence-corrected chi connectivity index (χ3v) is 11.0. The molecule has 1 aromatic heterocycles. The topological polar surface area (TPSA) is 89.0 Å². The number of ether oxygens (including phenoxy) is 2. The van der Waals surface area contributed by atoms with Gasteiger partial charge in [-0.2, -0.15) is 13.2 Å². The first-order valence-corrected chi connectivity index (χ1v) is 17.0. The Bertz CT molecular complexity index is 1660. The summed E-state index contributed by atoms with van der Waals surface area (Å²) in [5.74, 6) is -0.664. The first-order valence-electron chi connectivity index (χ1n) is 15.4. The Morgan fingerprint density at radius 1 is 1.07 bits per heavy atom. The van der Waals surface area contributed by atoms with Crippen molar-refractivity contribution < 1.29 is 35.9 Å². The predicted molar refractivity (Wildman–Crippen MR) is 166 cm³/mol. The Morgan fingerprint density at radius 3 is 2.36 bits per heavy atom. The highest BCUT2D eigenvalue weighted by atomic mass is 32.2. The van der Waals surface area contributed by atoms with Crippen molar-refractivity contribution in [1.82, 2.24) is 14.8 Å². The number of carbonyl (C=O) groups excluding carboxylic acids is 1. The maximum atomic E-state index is 13.8. The van der Waals surface area contributed by atoms with Gasteiger partial charge in [0.15, 0.2) is 9.84 Å². The van der Waals surface area contributed by atoms with E-state index in [-0.39, 0.29) is 51.5 Å². The molecule has 0 radical (unpaired) electrons. The second kappa shape index (κ2) is 13.3. The smallest absolute Gasteiger partial charge is 0.416 e. The van der Waals surface area contributed by atoms with Gasteiger partial charge in [0, 0.05) is 35.2 Å². The summed E-state index contributed by atoms with van der Waals surface area (Å²) in [7, 11) is -2.63. The zero-order valence-electron chi connectivity index (χ0n) is 26.1. The zero-order valence-corrected chi connectivity index (χ0v) is 26.9. The molecule has 12 heteroatoms. The maximum absolute atomic E-state index is 13.8. The number of esters is 1. The highest BCUT2D eigenvalue weighted by molar-refractivity contribution is 7.92. The summed E-state index contributed by atoms with van der Waals surface area (Å²) in [5, 5.41) is -0.536. The lowest BCUT2D eigenvalue weighted by Crippen LogP contribution is -2.43. The molecule has 45 heavy (non-hydrogen) atoms. The van der Waals surface area contributed by atoms with Crippen LogP contribution in [0.2, 0.25) is 0 Å². The van der Waals surface area contributed by atoms with Crippen LogP contribution in [0.4, 0.5) is 13.2 Å². The molecule has 2 saturated heterocycles. The molecule has 2 aromatic carbocycles. The molecule has 0 atom stereocenters. The lowest BCUT2D eigenvalue weighted by atomic mass is 9.94. The number of pyridine rings is 1. The number of hydrogen-bond donors (Lipinski definition) is 0. The minimum absolute atomic E-state index is 0.0637. The molecular weight excluding hydrogens is 607 g/mol. The summed E-state index contributed by atoms with van der Waals surface area (Å²) < 4.78 is 79.3. The van der Waals surface area contributed by atoms with Gasteiger partial charge in [0.25, 0.3) is 0 Å². The lowest BCUT2D eigenvalue weighted by Gasteiger charge is -2.37. The monoisotopic (exact) mass is 647 g/mol. The molecule has 3 aromatic rings. The number of hydrogen-bond acceptors (Lipinski definition) is 8. The Labute approximate surface area is 262 Å². The van der Waals surface area contributed by atoms with Crippen LogP contribution >= 0.6 is 0 Å². The Hall–Kier alpha value is -3.22. The average Bonchev–Trinajstić information content (AvgIpc) is 3.55. The summed E-state index contributed by atoms with van der Waals surface area (Å²) in [6, 6.07) is 8.19. The fourth-order valence-electron chi connectivity index (χ4n) is 6.40. The molecule has 0 N–H and O–H groups in total. The van der Waals surface area contributed by atoms with Gasteiger partial charge in [0.2, 0.25) is 0 Å². The normalized spacial score (nSPS) is 17.3. The number of piperidine rings is 1. The van der Waals surface area contributed by atoms with E-state index in [1.165, 1.54) is 44.2 Å². The predicted octanol–water partition coefficient (Wildman–Crippen LogP) is 6.35. The Balaban J connectivity index is 1.72. The molecule has 0 unspecified atom stereocenters. The van der Waals surface area contributed by atoms with Crippen LogP contribution in [0, 0.1) is 0 Å². The van der Waals surface area contributed by atoms with Crippen molar-refractivity contribution in [1.29, 1.82) is 0 Å². The van der Waals surface area contributed by atoms with Crippen LogP contribution < -0.4 is 4.74 Å². The standard InChI is InChI=1S/C33H40F3N3O5S/c1-5-44-28-19-27-25(18-29(28)45(41,42)21(2)3)30(32(40)43-4)26(20-38-15-11-24(12-16-38)39-13-6-7-14-39)31(37-27)22-9-8-10-23(17-22)33(34,35)36/h8-10,17-19,21,24H,5-7,11-16,20H2,1-4H3. The highest BCUT2D eigenvalue weighted by Crippen LogP contribution is 2.39. The van der Waals surface area contributed by atoms with E-state index in [0.717, 1.165) is 51.2 Å². The van der Waals surface area contributed by atoms with Gasteiger partial charge in [0.05, 0.1) is 41.3 Å². The summed E-state index contributed by atoms with van der Waals surface area (Å²) >= 11 is 0. The molecule has 244 valence electrons. The largest absolute Gasteiger partial charge is 0.492 e. The number of rotatable bonds is 9. The molecule has 0 spiro atoms. The van der Waals surface area contributed by atoms with Crippen LogP contribution in [0.1, 0.15) is 67.9 Å². The molecule has 8 nitrogen and oxygen atoms in total. The van der Waals surface area contributed by atoms with Crippen LogP contribution in [0.3, 0.4) is 0 Å². The van der Waals surface area contributed by atoms with E-state index in [4.69, 9.17) is 14.5 Å². The van der Waals surface area contributed by atoms with E-state index in [2.05, 4.69) is 9.80 Å². The number of benzene rings is 2. The van der Waals surface area contributed by atoms with Gasteiger partial charge in [-0.15, -0.1) is 0 Å². The lowest BCUT2D eigenvalue weighted by molar-refractivity contribution is -0.137. The van der Waals surface area contributed by atoms with Gasteiger partial charge in [-0.1, -0.05) is 12.1 Å². The van der Waals surface area contributed by atoms with E-state index in [1.54, 1.807) is 20.8 Å². The van der Waals surface area contributed by atoms with Gasteiger partial charge in [-0.3, -0.25) is 4.90 Å². The fourth-order valence-corrected chi connectivity index (χ4v) is 7.59. The van der Waals surface area contributed by atoms with Crippen LogP contribution in [-0.4, -0.2) is 80.4 Å². The minimum Gasteiger partial charge on any atom is -0.492 e. The first-order chi connectivity index (χ1) is 21.3. The number of alkyl halides is 3. The number of fused-ring (bicyclic) bond motifs is 1. The first kappa shape index (κ1) is 33.2. The number of halogens is 3. The molecule has 2 aliphatic heterocycles. The van der Waals surface area contributed by atoms with Crippen molar-refractivity contribution >= 4 is 26.7 Å². The van der Waals surface area contributed by atoms with E-state index in [0.29, 0.717) is 11.6 Å². The number of sulfone groups is 1. The third kappa shape index (κ3) is 6.83. The molecule has 0 saturated carbocycles. The van der Waals surface area contributed by atoms with Gasteiger partial charge < -0.3 is 14.4 Å². The van der Waals surface area contributed by atoms with Crippen molar-refractivity contribution in [2.75, 3.05) is 39.9 Å². The number of nitrogens with zero attached hydrogens (tertiary/aromatic N) is 3. The van der Waals surface area contributed by atoms with E-state index >= 15 is 0 Å². The summed E-state index contributed by atoms with van der Waals surface area (Å²) in [4.78, 5) is 23.0. The molecule has 2 aliphatic rings. The van der Waals surface area contributed by atoms with Crippen molar-refractivity contribution in [3.05, 3.63) is 53.1 Å². The summed E-state index contributed by atoms with van der Waals surface area (Å²) in [6.07, 6.45) is -0.321. The van der Waals surface area contributed by atoms with Crippen molar-refractivity contribution in [3.8, 4) is 17.0 Å². The van der Waals surface area contributed by atoms with Gasteiger partial charge in [-0.25, -0.2) is 18.2 Å². The highest BCUT2D eigenvalue weighted by Gasteiger charge is 2.33. The number of methoxy groups -OCH3 is 1. The zero-order chi connectivity index (χ0) is 32.5. The minimum atomic E-state index is -4.59. The molecule has 2 fully saturated rings. The van der Waals surface area contributed by atoms with Crippen LogP contribution in [-0.2, 0) is 27.3 Å². The Kier molecular flexibility index (Phi) is 9.76. The van der Waals surface area contributed by atoms with Crippen LogP contribution in [0.5, 0.6) is 5.75 Å².